The van der Waals surface area contributed by atoms with E-state index in [2.05, 4.69) is 55.3 Å². The number of fused-ring (bicyclic) bond motifs is 2. The van der Waals surface area contributed by atoms with E-state index in [-0.39, 0.29) is 11.5 Å². The molecule has 5 nitrogen and oxygen atoms in total. The van der Waals surface area contributed by atoms with Gasteiger partial charge in [0, 0.05) is 53.1 Å². The number of anilines is 2. The van der Waals surface area contributed by atoms with Gasteiger partial charge in [-0.05, 0) is 55.2 Å². The van der Waals surface area contributed by atoms with Gasteiger partial charge in [-0.3, -0.25) is 4.98 Å². The first kappa shape index (κ1) is 22.3. The smallest absolute Gasteiger partial charge is 0.123 e. The molecular formula is C27H32ClN3O2. The largest absolute Gasteiger partial charge is 0.496 e. The number of hydrogen-bond donors (Lipinski definition) is 1. The molecule has 2 aromatic carbocycles. The van der Waals surface area contributed by atoms with Gasteiger partial charge in [0.15, 0.2) is 0 Å². The van der Waals surface area contributed by atoms with Crippen LogP contribution >= 0.6 is 11.6 Å². The highest BCUT2D eigenvalue weighted by molar-refractivity contribution is 6.36. The van der Waals surface area contributed by atoms with Gasteiger partial charge in [-0.15, -0.1) is 0 Å². The molecule has 3 heterocycles. The zero-order valence-corrected chi connectivity index (χ0v) is 20.8. The van der Waals surface area contributed by atoms with Gasteiger partial charge in [0.1, 0.15) is 5.75 Å². The van der Waals surface area contributed by atoms with E-state index in [1.165, 1.54) is 16.9 Å². The van der Waals surface area contributed by atoms with Crippen LogP contribution in [0, 0.1) is 13.8 Å². The van der Waals surface area contributed by atoms with Gasteiger partial charge < -0.3 is 19.7 Å². The van der Waals surface area contributed by atoms with Gasteiger partial charge in [-0.25, -0.2) is 0 Å². The van der Waals surface area contributed by atoms with E-state index in [0.29, 0.717) is 0 Å². The number of aromatic nitrogens is 1. The Morgan fingerprint density at radius 3 is 2.67 bits per heavy atom. The average Bonchev–Trinajstić information content (AvgIpc) is 3.06. The van der Waals surface area contributed by atoms with Gasteiger partial charge in [-0.1, -0.05) is 31.5 Å². The fraction of sp³-hybridized carbons (Fsp3) is 0.444. The first-order valence-electron chi connectivity index (χ1n) is 11.7. The third-order valence-corrected chi connectivity index (χ3v) is 7.85. The Bertz CT molecular complexity index is 1220. The quantitative estimate of drug-likeness (QED) is 0.538. The summed E-state index contributed by atoms with van der Waals surface area (Å²) in [5.74, 6) is 0.836. The van der Waals surface area contributed by atoms with Crippen molar-refractivity contribution in [3.05, 3.63) is 57.7 Å². The number of nitrogens with zero attached hydrogens (tertiary/aromatic N) is 2. The number of benzene rings is 2. The molecule has 2 aliphatic rings. The molecule has 3 aromatic rings. The van der Waals surface area contributed by atoms with E-state index < -0.39 is 0 Å². The van der Waals surface area contributed by atoms with Crippen LogP contribution in [-0.2, 0) is 16.6 Å². The molecule has 0 aliphatic carbocycles. The number of nitrogens with one attached hydrogen (secondary N) is 1. The third-order valence-electron chi connectivity index (χ3n) is 7.42. The van der Waals surface area contributed by atoms with E-state index in [0.717, 1.165) is 71.2 Å². The molecule has 1 fully saturated rings. The lowest BCUT2D eigenvalue weighted by atomic mass is 9.78. The molecule has 1 atom stereocenters. The van der Waals surface area contributed by atoms with Crippen molar-refractivity contribution in [1.29, 1.82) is 0 Å². The van der Waals surface area contributed by atoms with Crippen LogP contribution in [0.3, 0.4) is 0 Å². The summed E-state index contributed by atoms with van der Waals surface area (Å²) >= 11 is 7.00. The zero-order chi connectivity index (χ0) is 23.3. The lowest BCUT2D eigenvalue weighted by Crippen LogP contribution is -2.36. The van der Waals surface area contributed by atoms with Crippen molar-refractivity contribution in [2.75, 3.05) is 43.6 Å². The van der Waals surface area contributed by atoms with Crippen LogP contribution in [0.15, 0.2) is 30.3 Å². The molecule has 5 rings (SSSR count). The van der Waals surface area contributed by atoms with E-state index >= 15 is 0 Å². The highest BCUT2D eigenvalue weighted by Crippen LogP contribution is 2.44. The molecule has 1 N–H and O–H groups in total. The maximum atomic E-state index is 7.00. The second kappa shape index (κ2) is 8.37. The Balaban J connectivity index is 1.47. The van der Waals surface area contributed by atoms with Crippen LogP contribution in [0.5, 0.6) is 5.75 Å². The van der Waals surface area contributed by atoms with Gasteiger partial charge in [0.2, 0.25) is 0 Å². The summed E-state index contributed by atoms with van der Waals surface area (Å²) in [4.78, 5) is 7.29. The predicted molar refractivity (Wildman–Crippen MR) is 136 cm³/mol. The monoisotopic (exact) mass is 465 g/mol. The SMILES string of the molecule is COc1cc2nc(C)c(CC3Nc4cc(N5CCOCC5)ccc4C3(C)C)c(Cl)c2cc1C. The first-order valence-corrected chi connectivity index (χ1v) is 12.0. The maximum Gasteiger partial charge on any atom is 0.123 e. The van der Waals surface area contributed by atoms with Gasteiger partial charge in [0.05, 0.1) is 30.9 Å². The second-order valence-electron chi connectivity index (χ2n) is 9.78. The summed E-state index contributed by atoms with van der Waals surface area (Å²) < 4.78 is 11.0. The van der Waals surface area contributed by atoms with Crippen molar-refractivity contribution in [2.45, 2.75) is 45.6 Å². The van der Waals surface area contributed by atoms with Gasteiger partial charge in [-0.2, -0.15) is 0 Å². The standard InChI is InChI=1S/C27H32ClN3O2/c1-16-12-20-22(15-24(16)32-5)29-17(2)19(26(20)28)14-25-27(3,4)21-7-6-18(13-23(21)30-25)31-8-10-33-11-9-31/h6-7,12-13,15,25,30H,8-11,14H2,1-5H3. The number of ether oxygens (including phenoxy) is 2. The Labute approximate surface area is 201 Å². The van der Waals surface area contributed by atoms with E-state index in [1.54, 1.807) is 7.11 Å². The minimum atomic E-state index is -0.0283. The van der Waals surface area contributed by atoms with E-state index in [4.69, 9.17) is 26.1 Å². The van der Waals surface area contributed by atoms with Crippen LogP contribution in [0.2, 0.25) is 5.02 Å². The number of pyridine rings is 1. The normalized spacial score (nSPS) is 19.5. The molecule has 6 heteroatoms. The molecule has 0 spiro atoms. The Morgan fingerprint density at radius 1 is 1.18 bits per heavy atom. The summed E-state index contributed by atoms with van der Waals surface area (Å²) in [6, 6.07) is 11.1. The second-order valence-corrected chi connectivity index (χ2v) is 10.2. The van der Waals surface area contributed by atoms with Crippen molar-refractivity contribution < 1.29 is 9.47 Å². The Kier molecular flexibility index (Phi) is 5.66. The molecule has 0 saturated carbocycles. The molecule has 0 bridgehead atoms. The first-order chi connectivity index (χ1) is 15.8. The number of rotatable bonds is 4. The van der Waals surface area contributed by atoms with Crippen LogP contribution < -0.4 is 15.0 Å². The van der Waals surface area contributed by atoms with Crippen LogP contribution in [-0.4, -0.2) is 44.4 Å². The maximum absolute atomic E-state index is 7.00. The van der Waals surface area contributed by atoms with E-state index in [9.17, 15) is 0 Å². The predicted octanol–water partition coefficient (Wildman–Crippen LogP) is 5.66. The molecule has 1 saturated heterocycles. The minimum absolute atomic E-state index is 0.0283. The summed E-state index contributed by atoms with van der Waals surface area (Å²) in [6.45, 7) is 12.2. The number of morpholine rings is 1. The van der Waals surface area contributed by atoms with Crippen molar-refractivity contribution in [3.63, 3.8) is 0 Å². The molecule has 2 aliphatic heterocycles. The topological polar surface area (TPSA) is 46.6 Å². The van der Waals surface area contributed by atoms with Crippen molar-refractivity contribution in [3.8, 4) is 5.75 Å². The zero-order valence-electron chi connectivity index (χ0n) is 20.1. The van der Waals surface area contributed by atoms with E-state index in [1.807, 2.05) is 13.0 Å². The molecular weight excluding hydrogens is 434 g/mol. The molecule has 0 radical (unpaired) electrons. The highest BCUT2D eigenvalue weighted by atomic mass is 35.5. The lowest BCUT2D eigenvalue weighted by molar-refractivity contribution is 0.122. The van der Waals surface area contributed by atoms with Crippen molar-refractivity contribution in [2.24, 2.45) is 0 Å². The summed E-state index contributed by atoms with van der Waals surface area (Å²) in [5, 5.41) is 5.60. The summed E-state index contributed by atoms with van der Waals surface area (Å²) in [5.41, 5.74) is 7.82. The van der Waals surface area contributed by atoms with Gasteiger partial charge in [0.25, 0.3) is 0 Å². The molecule has 33 heavy (non-hydrogen) atoms. The van der Waals surface area contributed by atoms with Crippen LogP contribution in [0.4, 0.5) is 11.4 Å². The Hall–Kier alpha value is -2.50. The van der Waals surface area contributed by atoms with Crippen molar-refractivity contribution in [1.82, 2.24) is 4.98 Å². The number of aryl methyl sites for hydroxylation is 2. The summed E-state index contributed by atoms with van der Waals surface area (Å²) in [6.07, 6.45) is 0.813. The summed E-state index contributed by atoms with van der Waals surface area (Å²) in [7, 11) is 1.69. The molecule has 1 unspecified atom stereocenters. The van der Waals surface area contributed by atoms with Crippen molar-refractivity contribution >= 4 is 33.9 Å². The number of halogens is 1. The average molecular weight is 466 g/mol. The molecule has 174 valence electrons. The lowest BCUT2D eigenvalue weighted by Gasteiger charge is -2.30. The fourth-order valence-corrected chi connectivity index (χ4v) is 5.64. The van der Waals surface area contributed by atoms with Gasteiger partial charge >= 0.3 is 0 Å². The molecule has 0 amide bonds. The van der Waals surface area contributed by atoms with Crippen LogP contribution in [0.1, 0.15) is 36.2 Å². The number of methoxy groups -OCH3 is 1. The minimum Gasteiger partial charge on any atom is -0.496 e. The molecule has 1 aromatic heterocycles. The number of hydrogen-bond acceptors (Lipinski definition) is 5. The fourth-order valence-electron chi connectivity index (χ4n) is 5.27. The highest BCUT2D eigenvalue weighted by Gasteiger charge is 2.40. The van der Waals surface area contributed by atoms with Crippen LogP contribution in [0.25, 0.3) is 10.9 Å². The third kappa shape index (κ3) is 3.81. The Morgan fingerprint density at radius 2 is 1.94 bits per heavy atom.